The number of piperazine rings is 1. The summed E-state index contributed by atoms with van der Waals surface area (Å²) in [7, 11) is 2.16. The van der Waals surface area contributed by atoms with Crippen molar-refractivity contribution >= 4 is 23.3 Å². The Morgan fingerprint density at radius 3 is 2.48 bits per heavy atom. The maximum Gasteiger partial charge on any atom is 0.227 e. The zero-order valence-electron chi connectivity index (χ0n) is 19.2. The third kappa shape index (κ3) is 4.41. The molecule has 1 saturated heterocycles. The summed E-state index contributed by atoms with van der Waals surface area (Å²) in [4.78, 5) is 13.3. The van der Waals surface area contributed by atoms with E-state index in [4.69, 9.17) is 4.74 Å². The average molecular weight is 446 g/mol. The van der Waals surface area contributed by atoms with Crippen molar-refractivity contribution in [1.82, 2.24) is 14.9 Å². The van der Waals surface area contributed by atoms with Gasteiger partial charge in [0.2, 0.25) is 5.88 Å². The molecule has 3 aromatic rings. The van der Waals surface area contributed by atoms with Crippen LogP contribution < -0.4 is 15.0 Å². The molecule has 1 N–H and O–H groups in total. The third-order valence-corrected chi connectivity index (χ3v) is 6.34. The molecule has 5 rings (SSSR count). The van der Waals surface area contributed by atoms with Crippen molar-refractivity contribution < 1.29 is 9.13 Å². The van der Waals surface area contributed by atoms with E-state index in [1.807, 2.05) is 38.1 Å². The Bertz CT molecular complexity index is 1200. The molecule has 33 heavy (non-hydrogen) atoms. The molecule has 0 atom stereocenters. The predicted octanol–water partition coefficient (Wildman–Crippen LogP) is 5.17. The van der Waals surface area contributed by atoms with Crippen molar-refractivity contribution in [1.29, 1.82) is 0 Å². The second-order valence-corrected chi connectivity index (χ2v) is 8.83. The molecule has 2 aliphatic rings. The van der Waals surface area contributed by atoms with Gasteiger partial charge < -0.3 is 19.9 Å². The Balaban J connectivity index is 1.32. The predicted molar refractivity (Wildman–Crippen MR) is 130 cm³/mol. The summed E-state index contributed by atoms with van der Waals surface area (Å²) in [6.07, 6.45) is 4.09. The fourth-order valence-corrected chi connectivity index (χ4v) is 4.32. The Labute approximate surface area is 193 Å². The minimum absolute atomic E-state index is 0.170. The van der Waals surface area contributed by atoms with Crippen LogP contribution in [0.4, 0.5) is 21.6 Å². The molecule has 1 aliphatic carbocycles. The van der Waals surface area contributed by atoms with Crippen molar-refractivity contribution in [3.05, 3.63) is 70.8 Å². The van der Waals surface area contributed by atoms with Crippen LogP contribution in [0.3, 0.4) is 0 Å². The van der Waals surface area contributed by atoms with Gasteiger partial charge in [-0.25, -0.2) is 14.4 Å². The third-order valence-electron chi connectivity index (χ3n) is 6.34. The fraction of sp³-hybridized carbons (Fsp3) is 0.308. The van der Waals surface area contributed by atoms with Crippen LogP contribution in [-0.4, -0.2) is 48.1 Å². The number of benzene rings is 2. The number of allylic oxidation sites excluding steroid dienone is 1. The van der Waals surface area contributed by atoms with Crippen molar-refractivity contribution in [3.63, 3.8) is 0 Å². The highest BCUT2D eigenvalue weighted by Gasteiger charge is 2.20. The lowest BCUT2D eigenvalue weighted by molar-refractivity contribution is 0.313. The molecule has 6 nitrogen and oxygen atoms in total. The van der Waals surface area contributed by atoms with Gasteiger partial charge in [0.15, 0.2) is 11.6 Å². The SMILES string of the molecule is CC1=Cc2c(ccc(Oc3ncnc(Nc4ccc(N5CCN(C)CC5)cc4)c3C)c2F)C1. The molecule has 0 bridgehead atoms. The van der Waals surface area contributed by atoms with E-state index < -0.39 is 0 Å². The molecule has 0 amide bonds. The van der Waals surface area contributed by atoms with Crippen LogP contribution in [0.2, 0.25) is 0 Å². The lowest BCUT2D eigenvalue weighted by Crippen LogP contribution is -2.44. The van der Waals surface area contributed by atoms with Gasteiger partial charge in [0.25, 0.3) is 0 Å². The van der Waals surface area contributed by atoms with Crippen molar-refractivity contribution in [2.75, 3.05) is 43.4 Å². The van der Waals surface area contributed by atoms with Crippen LogP contribution in [0.5, 0.6) is 11.6 Å². The molecule has 1 aromatic heterocycles. The van der Waals surface area contributed by atoms with Gasteiger partial charge in [-0.2, -0.15) is 0 Å². The average Bonchev–Trinajstić information content (AvgIpc) is 3.20. The summed E-state index contributed by atoms with van der Waals surface area (Å²) >= 11 is 0. The molecule has 0 spiro atoms. The topological polar surface area (TPSA) is 53.5 Å². The zero-order valence-corrected chi connectivity index (χ0v) is 19.2. The Hall–Kier alpha value is -3.45. The number of likely N-dealkylation sites (N-methyl/N-ethyl adjacent to an activating group) is 1. The van der Waals surface area contributed by atoms with Crippen LogP contribution in [0.25, 0.3) is 6.08 Å². The van der Waals surface area contributed by atoms with E-state index in [-0.39, 0.29) is 11.6 Å². The van der Waals surface area contributed by atoms with Crippen LogP contribution in [0.15, 0.2) is 48.3 Å². The number of ether oxygens (including phenoxy) is 1. The van der Waals surface area contributed by atoms with Gasteiger partial charge in [0.05, 0.1) is 5.56 Å². The van der Waals surface area contributed by atoms with E-state index >= 15 is 0 Å². The first-order valence-corrected chi connectivity index (χ1v) is 11.3. The number of anilines is 3. The Kier molecular flexibility index (Phi) is 5.72. The lowest BCUT2D eigenvalue weighted by atomic mass is 10.1. The smallest absolute Gasteiger partial charge is 0.227 e. The molecular weight excluding hydrogens is 417 g/mol. The number of halogens is 1. The first-order valence-electron chi connectivity index (χ1n) is 11.3. The summed E-state index contributed by atoms with van der Waals surface area (Å²) in [6, 6.07) is 11.9. The molecule has 7 heteroatoms. The van der Waals surface area contributed by atoms with Crippen molar-refractivity contribution in [3.8, 4) is 11.6 Å². The van der Waals surface area contributed by atoms with E-state index in [0.717, 1.165) is 49.4 Å². The fourth-order valence-electron chi connectivity index (χ4n) is 4.32. The number of rotatable bonds is 5. The van der Waals surface area contributed by atoms with E-state index in [1.54, 1.807) is 6.07 Å². The minimum Gasteiger partial charge on any atom is -0.435 e. The van der Waals surface area contributed by atoms with Gasteiger partial charge in [-0.05, 0) is 63.2 Å². The normalized spacial score (nSPS) is 15.9. The standard InChI is InChI=1S/C26H28FN5O/c1-17-14-19-4-9-23(24(27)22(19)15-17)33-26-18(2)25(28-16-29-26)30-20-5-7-21(8-6-20)32-12-10-31(3)11-13-32/h4-9,15-16H,10-14H2,1-3H3,(H,28,29,30). The Morgan fingerprint density at radius 1 is 0.970 bits per heavy atom. The Morgan fingerprint density at radius 2 is 1.73 bits per heavy atom. The maximum absolute atomic E-state index is 15.0. The molecule has 0 saturated carbocycles. The van der Waals surface area contributed by atoms with Gasteiger partial charge in [-0.15, -0.1) is 0 Å². The van der Waals surface area contributed by atoms with E-state index in [0.29, 0.717) is 22.8 Å². The van der Waals surface area contributed by atoms with E-state index in [2.05, 4.69) is 44.3 Å². The summed E-state index contributed by atoms with van der Waals surface area (Å²) < 4.78 is 20.9. The molecule has 1 aliphatic heterocycles. The summed E-state index contributed by atoms with van der Waals surface area (Å²) in [6.45, 7) is 8.08. The molecule has 2 heterocycles. The second kappa shape index (κ2) is 8.83. The van der Waals surface area contributed by atoms with Gasteiger partial charge in [-0.1, -0.05) is 17.7 Å². The van der Waals surface area contributed by atoms with Crippen LogP contribution in [0.1, 0.15) is 23.6 Å². The number of fused-ring (bicyclic) bond motifs is 1. The highest BCUT2D eigenvalue weighted by atomic mass is 19.1. The van der Waals surface area contributed by atoms with E-state index in [1.165, 1.54) is 12.0 Å². The molecular formula is C26H28FN5O. The summed E-state index contributed by atoms with van der Waals surface area (Å²) in [5.74, 6) is 0.782. The number of nitrogens with zero attached hydrogens (tertiary/aromatic N) is 4. The minimum atomic E-state index is -0.351. The number of hydrogen-bond donors (Lipinski definition) is 1. The highest BCUT2D eigenvalue weighted by molar-refractivity contribution is 5.66. The van der Waals surface area contributed by atoms with Crippen molar-refractivity contribution in [2.24, 2.45) is 0 Å². The highest BCUT2D eigenvalue weighted by Crippen LogP contribution is 2.35. The monoisotopic (exact) mass is 445 g/mol. The first kappa shape index (κ1) is 21.4. The van der Waals surface area contributed by atoms with Gasteiger partial charge in [-0.3, -0.25) is 0 Å². The molecule has 0 unspecified atom stereocenters. The summed E-state index contributed by atoms with van der Waals surface area (Å²) in [5.41, 5.74) is 5.59. The van der Waals surface area contributed by atoms with Crippen LogP contribution in [-0.2, 0) is 6.42 Å². The zero-order chi connectivity index (χ0) is 22.9. The largest absolute Gasteiger partial charge is 0.435 e. The quantitative estimate of drug-likeness (QED) is 0.585. The maximum atomic E-state index is 15.0. The number of aromatic nitrogens is 2. The molecule has 170 valence electrons. The first-order chi connectivity index (χ1) is 16.0. The lowest BCUT2D eigenvalue weighted by Gasteiger charge is -2.34. The molecule has 1 fully saturated rings. The molecule has 2 aromatic carbocycles. The second-order valence-electron chi connectivity index (χ2n) is 8.83. The van der Waals surface area contributed by atoms with Gasteiger partial charge in [0.1, 0.15) is 12.1 Å². The van der Waals surface area contributed by atoms with E-state index in [9.17, 15) is 4.39 Å². The molecule has 0 radical (unpaired) electrons. The van der Waals surface area contributed by atoms with Gasteiger partial charge in [0, 0.05) is 43.1 Å². The van der Waals surface area contributed by atoms with Crippen LogP contribution in [0, 0.1) is 12.7 Å². The number of hydrogen-bond acceptors (Lipinski definition) is 6. The number of nitrogens with one attached hydrogen (secondary N) is 1. The van der Waals surface area contributed by atoms with Gasteiger partial charge >= 0.3 is 0 Å². The van der Waals surface area contributed by atoms with Crippen molar-refractivity contribution in [2.45, 2.75) is 20.3 Å². The van der Waals surface area contributed by atoms with Crippen LogP contribution >= 0.6 is 0 Å². The summed E-state index contributed by atoms with van der Waals surface area (Å²) in [5, 5.41) is 3.34.